The van der Waals surface area contributed by atoms with E-state index < -0.39 is 0 Å². The summed E-state index contributed by atoms with van der Waals surface area (Å²) >= 11 is 5.27. The highest BCUT2D eigenvalue weighted by atomic mass is 79.9. The first-order chi connectivity index (χ1) is 6.24. The molecule has 1 aliphatic rings. The van der Waals surface area contributed by atoms with E-state index in [4.69, 9.17) is 5.73 Å². The van der Waals surface area contributed by atoms with Gasteiger partial charge < -0.3 is 5.73 Å². The largest absolute Gasteiger partial charge is 0.326 e. The molecule has 1 saturated heterocycles. The molecule has 2 nitrogen and oxygen atoms in total. The molecule has 1 fully saturated rings. The lowest BCUT2D eigenvalue weighted by Gasteiger charge is -2.12. The molecular formula is C9H14BrClN2S. The highest BCUT2D eigenvalue weighted by Gasteiger charge is 2.19. The molecule has 0 saturated carbocycles. The van der Waals surface area contributed by atoms with Gasteiger partial charge in [0.1, 0.15) is 0 Å². The topological polar surface area (TPSA) is 29.3 Å². The van der Waals surface area contributed by atoms with Gasteiger partial charge in [0.25, 0.3) is 0 Å². The van der Waals surface area contributed by atoms with E-state index in [1.807, 2.05) is 11.3 Å². The summed E-state index contributed by atoms with van der Waals surface area (Å²) in [6.45, 7) is 3.26. The van der Waals surface area contributed by atoms with Gasteiger partial charge in [-0.25, -0.2) is 0 Å². The zero-order valence-corrected chi connectivity index (χ0v) is 11.0. The Kier molecular flexibility index (Phi) is 4.87. The van der Waals surface area contributed by atoms with Crippen molar-refractivity contribution in [2.45, 2.75) is 19.0 Å². The van der Waals surface area contributed by atoms with Crippen molar-refractivity contribution in [3.8, 4) is 0 Å². The second kappa shape index (κ2) is 5.47. The van der Waals surface area contributed by atoms with Crippen LogP contribution in [0.5, 0.6) is 0 Å². The van der Waals surface area contributed by atoms with Crippen LogP contribution in [0.3, 0.4) is 0 Å². The van der Waals surface area contributed by atoms with Gasteiger partial charge in [-0.05, 0) is 28.4 Å². The minimum Gasteiger partial charge on any atom is -0.326 e. The minimum atomic E-state index is 0. The molecule has 14 heavy (non-hydrogen) atoms. The van der Waals surface area contributed by atoms with E-state index in [1.54, 1.807) is 0 Å². The van der Waals surface area contributed by atoms with E-state index in [-0.39, 0.29) is 12.4 Å². The predicted molar refractivity (Wildman–Crippen MR) is 67.1 cm³/mol. The Bertz CT molecular complexity index is 292. The van der Waals surface area contributed by atoms with Crippen LogP contribution < -0.4 is 5.73 Å². The van der Waals surface area contributed by atoms with Gasteiger partial charge in [0.05, 0.1) is 0 Å². The molecule has 0 amide bonds. The average Bonchev–Trinajstić information content (AvgIpc) is 2.62. The Morgan fingerprint density at radius 1 is 1.64 bits per heavy atom. The number of hydrogen-bond acceptors (Lipinski definition) is 3. The number of nitrogens with two attached hydrogens (primary N) is 1. The highest BCUT2D eigenvalue weighted by molar-refractivity contribution is 9.10. The monoisotopic (exact) mass is 296 g/mol. The number of rotatable bonds is 2. The van der Waals surface area contributed by atoms with E-state index in [0.717, 1.165) is 26.1 Å². The van der Waals surface area contributed by atoms with Crippen LogP contribution >= 0.6 is 39.7 Å². The lowest BCUT2D eigenvalue weighted by atomic mass is 10.3. The molecule has 0 radical (unpaired) electrons. The van der Waals surface area contributed by atoms with E-state index in [2.05, 4.69) is 32.3 Å². The third kappa shape index (κ3) is 3.21. The number of hydrogen-bond donors (Lipinski definition) is 1. The smallest absolute Gasteiger partial charge is 0.0328 e. The van der Waals surface area contributed by atoms with Gasteiger partial charge in [-0.1, -0.05) is 0 Å². The molecule has 1 aromatic heterocycles. The average molecular weight is 298 g/mol. The molecule has 0 bridgehead atoms. The first kappa shape index (κ1) is 12.5. The van der Waals surface area contributed by atoms with Gasteiger partial charge >= 0.3 is 0 Å². The van der Waals surface area contributed by atoms with Crippen LogP contribution in [0, 0.1) is 0 Å². The first-order valence-electron chi connectivity index (χ1n) is 4.45. The van der Waals surface area contributed by atoms with E-state index in [9.17, 15) is 0 Å². The molecule has 2 rings (SSSR count). The van der Waals surface area contributed by atoms with Gasteiger partial charge in [0.15, 0.2) is 0 Å². The molecule has 1 atom stereocenters. The SMILES string of the molecule is Cl.NC1CCN(Cc2cc(Br)cs2)C1. The van der Waals surface area contributed by atoms with Crippen LogP contribution in [0.15, 0.2) is 15.9 Å². The summed E-state index contributed by atoms with van der Waals surface area (Å²) in [5.41, 5.74) is 5.84. The second-order valence-corrected chi connectivity index (χ2v) is 5.43. The van der Waals surface area contributed by atoms with Crippen LogP contribution in [0.4, 0.5) is 0 Å². The molecule has 0 aliphatic carbocycles. The van der Waals surface area contributed by atoms with Gasteiger partial charge in [-0.3, -0.25) is 4.90 Å². The molecule has 0 spiro atoms. The van der Waals surface area contributed by atoms with Gasteiger partial charge in [-0.2, -0.15) is 0 Å². The zero-order chi connectivity index (χ0) is 9.26. The van der Waals surface area contributed by atoms with Gasteiger partial charge in [0, 0.05) is 40.4 Å². The molecular weight excluding hydrogens is 284 g/mol. The van der Waals surface area contributed by atoms with Gasteiger partial charge in [0.2, 0.25) is 0 Å². The second-order valence-electron chi connectivity index (χ2n) is 3.52. The Morgan fingerprint density at radius 3 is 2.93 bits per heavy atom. The maximum absolute atomic E-state index is 5.84. The maximum Gasteiger partial charge on any atom is 0.0328 e. The lowest BCUT2D eigenvalue weighted by Crippen LogP contribution is -2.25. The Labute approximate surface area is 103 Å². The zero-order valence-electron chi connectivity index (χ0n) is 7.78. The first-order valence-corrected chi connectivity index (χ1v) is 6.12. The summed E-state index contributed by atoms with van der Waals surface area (Å²) in [5, 5.41) is 2.13. The molecule has 2 heterocycles. The van der Waals surface area contributed by atoms with Crippen LogP contribution in [-0.4, -0.2) is 24.0 Å². The van der Waals surface area contributed by atoms with Crippen LogP contribution in [-0.2, 0) is 6.54 Å². The fourth-order valence-corrected chi connectivity index (χ4v) is 3.16. The third-order valence-electron chi connectivity index (χ3n) is 2.31. The van der Waals surface area contributed by atoms with Gasteiger partial charge in [-0.15, -0.1) is 23.7 Å². The Morgan fingerprint density at radius 2 is 2.43 bits per heavy atom. The Hall–Kier alpha value is 0.390. The number of halogens is 2. The van der Waals surface area contributed by atoms with Crippen molar-refractivity contribution in [2.75, 3.05) is 13.1 Å². The number of likely N-dealkylation sites (tertiary alicyclic amines) is 1. The fraction of sp³-hybridized carbons (Fsp3) is 0.556. The molecule has 1 aliphatic heterocycles. The molecule has 0 aromatic carbocycles. The van der Waals surface area contributed by atoms with Crippen LogP contribution in [0.1, 0.15) is 11.3 Å². The van der Waals surface area contributed by atoms with E-state index in [0.29, 0.717) is 6.04 Å². The van der Waals surface area contributed by atoms with Crippen molar-refractivity contribution in [3.05, 3.63) is 20.8 Å². The fourth-order valence-electron chi connectivity index (χ4n) is 1.66. The van der Waals surface area contributed by atoms with Crippen molar-refractivity contribution in [2.24, 2.45) is 5.73 Å². The minimum absolute atomic E-state index is 0. The maximum atomic E-state index is 5.84. The van der Waals surface area contributed by atoms with Crippen LogP contribution in [0.2, 0.25) is 0 Å². The summed E-state index contributed by atoms with van der Waals surface area (Å²) in [6, 6.07) is 2.58. The summed E-state index contributed by atoms with van der Waals surface area (Å²) in [5.74, 6) is 0. The summed E-state index contributed by atoms with van der Waals surface area (Å²) in [7, 11) is 0. The van der Waals surface area contributed by atoms with Crippen LogP contribution in [0.25, 0.3) is 0 Å². The summed E-state index contributed by atoms with van der Waals surface area (Å²) in [4.78, 5) is 3.84. The highest BCUT2D eigenvalue weighted by Crippen LogP contribution is 2.22. The lowest BCUT2D eigenvalue weighted by molar-refractivity contribution is 0.330. The standard InChI is InChI=1S/C9H13BrN2S.ClH/c10-7-3-9(13-6-7)5-12-2-1-8(11)4-12;/h3,6,8H,1-2,4-5,11H2;1H. The van der Waals surface area contributed by atoms with Crippen molar-refractivity contribution >= 4 is 39.7 Å². The van der Waals surface area contributed by atoms with Crippen molar-refractivity contribution in [1.29, 1.82) is 0 Å². The Balaban J connectivity index is 0.000000980. The predicted octanol–water partition coefficient (Wildman–Crippen LogP) is 2.47. The molecule has 80 valence electrons. The van der Waals surface area contributed by atoms with Crippen molar-refractivity contribution in [3.63, 3.8) is 0 Å². The molecule has 5 heteroatoms. The number of nitrogens with zero attached hydrogens (tertiary/aromatic N) is 1. The summed E-state index contributed by atoms with van der Waals surface area (Å²) < 4.78 is 1.19. The van der Waals surface area contributed by atoms with E-state index in [1.165, 1.54) is 9.35 Å². The molecule has 1 unspecified atom stereocenters. The number of thiophene rings is 1. The molecule has 2 N–H and O–H groups in total. The van der Waals surface area contributed by atoms with Crippen molar-refractivity contribution in [1.82, 2.24) is 4.90 Å². The third-order valence-corrected chi connectivity index (χ3v) is 3.99. The molecule has 1 aromatic rings. The van der Waals surface area contributed by atoms with E-state index >= 15 is 0 Å². The summed E-state index contributed by atoms with van der Waals surface area (Å²) in [6.07, 6.45) is 1.15. The van der Waals surface area contributed by atoms with Crippen molar-refractivity contribution < 1.29 is 0 Å². The quantitative estimate of drug-likeness (QED) is 0.908. The normalized spacial score (nSPS) is 22.3.